The molecular weight excluding hydrogens is 466 g/mol. The molecule has 2 saturated heterocycles. The van der Waals surface area contributed by atoms with Gasteiger partial charge in [0.15, 0.2) is 0 Å². The number of benzene rings is 2. The lowest BCUT2D eigenvalue weighted by atomic mass is 10.1. The van der Waals surface area contributed by atoms with Crippen LogP contribution in [0.2, 0.25) is 0 Å². The normalized spacial score (nSPS) is 23.3. The lowest BCUT2D eigenvalue weighted by Crippen LogP contribution is -2.39. The van der Waals surface area contributed by atoms with E-state index in [1.165, 1.54) is 21.3 Å². The Balaban J connectivity index is 1.33. The molecule has 1 amide bonds. The van der Waals surface area contributed by atoms with Crippen molar-refractivity contribution in [1.82, 2.24) is 9.21 Å². The van der Waals surface area contributed by atoms with Crippen molar-refractivity contribution in [3.63, 3.8) is 0 Å². The molecule has 0 aliphatic carbocycles. The van der Waals surface area contributed by atoms with Gasteiger partial charge in [0.2, 0.25) is 10.0 Å². The smallest absolute Gasteiger partial charge is 0.299 e. The number of rotatable bonds is 8. The monoisotopic (exact) mass is 497 g/mol. The zero-order valence-corrected chi connectivity index (χ0v) is 20.7. The Kier molecular flexibility index (Phi) is 6.65. The summed E-state index contributed by atoms with van der Waals surface area (Å²) in [7, 11) is -1.76. The van der Waals surface area contributed by atoms with Gasteiger partial charge in [0.1, 0.15) is 12.4 Å². The van der Waals surface area contributed by atoms with Gasteiger partial charge < -0.3 is 14.5 Å². The van der Waals surface area contributed by atoms with Gasteiger partial charge in [-0.15, -0.1) is 0 Å². The molecule has 3 aliphatic rings. The van der Waals surface area contributed by atoms with Crippen molar-refractivity contribution in [2.45, 2.75) is 49.1 Å². The Bertz CT molecular complexity index is 1220. The van der Waals surface area contributed by atoms with E-state index in [-0.39, 0.29) is 23.1 Å². The summed E-state index contributed by atoms with van der Waals surface area (Å²) in [5.74, 6) is -0.519. The van der Waals surface area contributed by atoms with E-state index in [0.717, 1.165) is 32.2 Å². The van der Waals surface area contributed by atoms with E-state index in [0.29, 0.717) is 37.0 Å². The van der Waals surface area contributed by atoms with Crippen molar-refractivity contribution in [2.75, 3.05) is 38.2 Å². The number of Topliss-reactive ketones (excluding diaryl/α,β-unsaturated/α-hetero) is 1. The van der Waals surface area contributed by atoms with Crippen LogP contribution in [-0.2, 0) is 14.8 Å². The number of sulfonamides is 1. The summed E-state index contributed by atoms with van der Waals surface area (Å²) in [6.07, 6.45) is 4.46. The lowest BCUT2D eigenvalue weighted by molar-refractivity contribution is -0.114. The number of ether oxygens (including phenoxy) is 1. The third kappa shape index (κ3) is 4.60. The molecule has 3 aliphatic heterocycles. The molecule has 0 bridgehead atoms. The molecule has 0 spiro atoms. The summed E-state index contributed by atoms with van der Waals surface area (Å²) in [6.45, 7) is 2.15. The lowest BCUT2D eigenvalue weighted by Gasteiger charge is -2.25. The van der Waals surface area contributed by atoms with Crippen LogP contribution in [0.15, 0.2) is 53.4 Å². The number of hydrogen-bond acceptors (Lipinski definition) is 6. The number of para-hydroxylation sites is 1. The highest BCUT2D eigenvalue weighted by Gasteiger charge is 2.40. The Morgan fingerprint density at radius 2 is 1.71 bits per heavy atom. The number of hydrogen-bond donors (Lipinski definition) is 0. The molecule has 0 aromatic heterocycles. The molecule has 2 aromatic carbocycles. The molecule has 2 aromatic rings. The average Bonchev–Trinajstić information content (AvgIpc) is 3.57. The van der Waals surface area contributed by atoms with Gasteiger partial charge in [0.25, 0.3) is 11.7 Å². The van der Waals surface area contributed by atoms with Crippen LogP contribution in [0.1, 0.15) is 42.5 Å². The molecule has 0 radical (unpaired) electrons. The molecule has 8 nitrogen and oxygen atoms in total. The summed E-state index contributed by atoms with van der Waals surface area (Å²) < 4.78 is 34.3. The number of carbonyl (C=O) groups is 2. The summed E-state index contributed by atoms with van der Waals surface area (Å²) in [5, 5.41) is 0. The molecule has 35 heavy (non-hydrogen) atoms. The highest BCUT2D eigenvalue weighted by Crippen LogP contribution is 2.34. The van der Waals surface area contributed by atoms with Crippen molar-refractivity contribution in [2.24, 2.45) is 0 Å². The van der Waals surface area contributed by atoms with E-state index in [2.05, 4.69) is 11.9 Å². The third-order valence-corrected chi connectivity index (χ3v) is 9.36. The first-order chi connectivity index (χ1) is 16.9. The molecule has 0 saturated carbocycles. The van der Waals surface area contributed by atoms with E-state index in [9.17, 15) is 18.0 Å². The minimum atomic E-state index is -3.84. The molecule has 3 heterocycles. The van der Waals surface area contributed by atoms with Crippen molar-refractivity contribution >= 4 is 27.4 Å². The van der Waals surface area contributed by atoms with Crippen LogP contribution in [-0.4, -0.2) is 74.7 Å². The zero-order valence-electron chi connectivity index (χ0n) is 19.9. The topological polar surface area (TPSA) is 87.2 Å². The van der Waals surface area contributed by atoms with Gasteiger partial charge in [0, 0.05) is 19.1 Å². The molecule has 2 atom stereocenters. The Hall–Kier alpha value is -2.75. The SMILES string of the molecule is CN1CCCC1CCN1C(=O)C(=O)c2cc(S(=O)(=O)N3CCC[C@H]3COc3ccccc3)ccc21. The first kappa shape index (κ1) is 24.0. The van der Waals surface area contributed by atoms with E-state index >= 15 is 0 Å². The van der Waals surface area contributed by atoms with Crippen LogP contribution in [0.5, 0.6) is 5.75 Å². The number of nitrogens with zero attached hydrogens (tertiary/aromatic N) is 3. The zero-order chi connectivity index (χ0) is 24.6. The summed E-state index contributed by atoms with van der Waals surface area (Å²) in [5.41, 5.74) is 0.678. The van der Waals surface area contributed by atoms with Gasteiger partial charge >= 0.3 is 0 Å². The standard InChI is InChI=1S/C26H31N3O5S/c1-27-14-5-7-19(27)13-16-28-24-12-11-22(17-23(24)25(30)26(28)31)35(32,33)29-15-6-8-20(29)18-34-21-9-3-2-4-10-21/h2-4,9-12,17,19-20H,5-8,13-16,18H2,1H3/t19?,20-/m0/s1. The van der Waals surface area contributed by atoms with Gasteiger partial charge in [-0.2, -0.15) is 4.31 Å². The van der Waals surface area contributed by atoms with E-state index in [4.69, 9.17) is 4.74 Å². The second-order valence-corrected chi connectivity index (χ2v) is 11.5. The van der Waals surface area contributed by atoms with Crippen LogP contribution in [0.3, 0.4) is 0 Å². The first-order valence-corrected chi connectivity index (χ1v) is 13.7. The molecular formula is C26H31N3O5S. The fraction of sp³-hybridized carbons (Fsp3) is 0.462. The third-order valence-electron chi connectivity index (χ3n) is 7.42. The molecule has 5 rings (SSSR count). The quantitative estimate of drug-likeness (QED) is 0.521. The number of carbonyl (C=O) groups excluding carboxylic acids is 2. The molecule has 9 heteroatoms. The number of anilines is 1. The Labute approximate surface area is 206 Å². The summed E-state index contributed by atoms with van der Waals surface area (Å²) in [6, 6.07) is 13.9. The van der Waals surface area contributed by atoms with Gasteiger partial charge in [-0.1, -0.05) is 18.2 Å². The first-order valence-electron chi connectivity index (χ1n) is 12.3. The predicted molar refractivity (Wildman–Crippen MR) is 132 cm³/mol. The molecule has 186 valence electrons. The van der Waals surface area contributed by atoms with Crippen molar-refractivity contribution in [3.8, 4) is 5.75 Å². The minimum absolute atomic E-state index is 0.0430. The summed E-state index contributed by atoms with van der Waals surface area (Å²) in [4.78, 5) is 29.3. The second kappa shape index (κ2) is 9.72. The van der Waals surface area contributed by atoms with E-state index in [1.54, 1.807) is 6.07 Å². The van der Waals surface area contributed by atoms with Crippen LogP contribution < -0.4 is 9.64 Å². The maximum Gasteiger partial charge on any atom is 0.299 e. The minimum Gasteiger partial charge on any atom is -0.492 e. The molecule has 1 unspecified atom stereocenters. The number of fused-ring (bicyclic) bond motifs is 1. The number of ketones is 1. The van der Waals surface area contributed by atoms with Gasteiger partial charge in [0.05, 0.1) is 22.2 Å². The van der Waals surface area contributed by atoms with Crippen molar-refractivity contribution in [3.05, 3.63) is 54.1 Å². The second-order valence-electron chi connectivity index (χ2n) is 9.57. The molecule has 2 fully saturated rings. The Morgan fingerprint density at radius 3 is 2.46 bits per heavy atom. The van der Waals surface area contributed by atoms with E-state index in [1.807, 2.05) is 30.3 Å². The van der Waals surface area contributed by atoms with Gasteiger partial charge in [-0.05, 0) is 76.0 Å². The fourth-order valence-corrected chi connectivity index (χ4v) is 7.13. The van der Waals surface area contributed by atoms with Gasteiger partial charge in [-0.3, -0.25) is 9.59 Å². The van der Waals surface area contributed by atoms with Crippen molar-refractivity contribution in [1.29, 1.82) is 0 Å². The fourth-order valence-electron chi connectivity index (χ4n) is 5.42. The maximum absolute atomic E-state index is 13.5. The number of amides is 1. The van der Waals surface area contributed by atoms with Crippen LogP contribution in [0, 0.1) is 0 Å². The van der Waals surface area contributed by atoms with Gasteiger partial charge in [-0.25, -0.2) is 8.42 Å². The van der Waals surface area contributed by atoms with Crippen molar-refractivity contribution < 1.29 is 22.7 Å². The van der Waals surface area contributed by atoms with Crippen LogP contribution in [0.25, 0.3) is 0 Å². The van der Waals surface area contributed by atoms with Crippen LogP contribution in [0.4, 0.5) is 5.69 Å². The molecule has 0 N–H and O–H groups in total. The Morgan fingerprint density at radius 1 is 0.971 bits per heavy atom. The highest BCUT2D eigenvalue weighted by molar-refractivity contribution is 7.89. The average molecular weight is 498 g/mol. The number of likely N-dealkylation sites (tertiary alicyclic amines) is 1. The van der Waals surface area contributed by atoms with Crippen LogP contribution >= 0.6 is 0 Å². The summed E-state index contributed by atoms with van der Waals surface area (Å²) >= 11 is 0. The highest BCUT2D eigenvalue weighted by atomic mass is 32.2. The maximum atomic E-state index is 13.5. The predicted octanol–water partition coefficient (Wildman–Crippen LogP) is 2.93. The largest absolute Gasteiger partial charge is 0.492 e. The van der Waals surface area contributed by atoms with E-state index < -0.39 is 21.7 Å².